The lowest BCUT2D eigenvalue weighted by atomic mass is 10.1. The van der Waals surface area contributed by atoms with Gasteiger partial charge in [0.25, 0.3) is 0 Å². The van der Waals surface area contributed by atoms with Crippen LogP contribution < -0.4 is 0 Å². The van der Waals surface area contributed by atoms with Crippen LogP contribution in [0.1, 0.15) is 0 Å². The van der Waals surface area contributed by atoms with Gasteiger partial charge in [-0.3, -0.25) is 0 Å². The summed E-state index contributed by atoms with van der Waals surface area (Å²) in [5.41, 5.74) is 2.94. The SMILES string of the molecule is S=c1cc(-c2ccccc2)[nH]c(-c2ccc(Cl)c(Br)c2)n1. The molecule has 1 aromatic heterocycles. The van der Waals surface area contributed by atoms with Crippen LogP contribution in [0.25, 0.3) is 22.6 Å². The first kappa shape index (κ1) is 14.4. The Morgan fingerprint density at radius 2 is 1.76 bits per heavy atom. The zero-order chi connectivity index (χ0) is 14.8. The van der Waals surface area contributed by atoms with Gasteiger partial charge in [0.1, 0.15) is 10.5 Å². The summed E-state index contributed by atoms with van der Waals surface area (Å²) in [4.78, 5) is 7.72. The van der Waals surface area contributed by atoms with E-state index in [1.54, 1.807) is 0 Å². The van der Waals surface area contributed by atoms with Crippen molar-refractivity contribution in [2.24, 2.45) is 0 Å². The minimum absolute atomic E-state index is 0.550. The van der Waals surface area contributed by atoms with Crippen LogP contribution in [-0.4, -0.2) is 9.97 Å². The van der Waals surface area contributed by atoms with Crippen LogP contribution in [0.2, 0.25) is 5.02 Å². The van der Waals surface area contributed by atoms with Gasteiger partial charge >= 0.3 is 0 Å². The van der Waals surface area contributed by atoms with E-state index in [1.165, 1.54) is 0 Å². The Bertz CT molecular complexity index is 846. The van der Waals surface area contributed by atoms with E-state index in [4.69, 9.17) is 23.8 Å². The molecule has 0 fully saturated rings. The molecule has 2 nitrogen and oxygen atoms in total. The molecule has 21 heavy (non-hydrogen) atoms. The second kappa shape index (κ2) is 6.10. The third kappa shape index (κ3) is 3.23. The molecule has 0 radical (unpaired) electrons. The van der Waals surface area contributed by atoms with Crippen molar-refractivity contribution in [1.29, 1.82) is 0 Å². The summed E-state index contributed by atoms with van der Waals surface area (Å²) in [7, 11) is 0. The number of nitrogens with zero attached hydrogens (tertiary/aromatic N) is 1. The molecule has 0 aliphatic carbocycles. The maximum Gasteiger partial charge on any atom is 0.139 e. The lowest BCUT2D eigenvalue weighted by Crippen LogP contribution is -1.93. The molecule has 0 spiro atoms. The fourth-order valence-corrected chi connectivity index (χ4v) is 2.72. The van der Waals surface area contributed by atoms with E-state index in [2.05, 4.69) is 25.9 Å². The lowest BCUT2D eigenvalue weighted by molar-refractivity contribution is 1.16. The van der Waals surface area contributed by atoms with Gasteiger partial charge in [0, 0.05) is 15.7 Å². The highest BCUT2D eigenvalue weighted by atomic mass is 79.9. The Morgan fingerprint density at radius 3 is 2.48 bits per heavy atom. The van der Waals surface area contributed by atoms with Crippen molar-refractivity contribution in [3.8, 4) is 22.6 Å². The summed E-state index contributed by atoms with van der Waals surface area (Å²) in [5, 5.41) is 0.663. The summed E-state index contributed by atoms with van der Waals surface area (Å²) in [5.74, 6) is 0.721. The molecule has 5 heteroatoms. The van der Waals surface area contributed by atoms with Crippen molar-refractivity contribution in [3.63, 3.8) is 0 Å². The van der Waals surface area contributed by atoms with Crippen LogP contribution in [0.5, 0.6) is 0 Å². The van der Waals surface area contributed by atoms with E-state index >= 15 is 0 Å². The smallest absolute Gasteiger partial charge is 0.139 e. The summed E-state index contributed by atoms with van der Waals surface area (Å²) in [6.07, 6.45) is 0. The summed E-state index contributed by atoms with van der Waals surface area (Å²) in [6.45, 7) is 0. The first-order chi connectivity index (χ1) is 10.1. The van der Waals surface area contributed by atoms with Crippen LogP contribution in [-0.2, 0) is 0 Å². The van der Waals surface area contributed by atoms with Gasteiger partial charge in [-0.05, 0) is 45.8 Å². The molecule has 0 saturated carbocycles. The highest BCUT2D eigenvalue weighted by Crippen LogP contribution is 2.28. The van der Waals surface area contributed by atoms with E-state index in [9.17, 15) is 0 Å². The molecule has 0 atom stereocenters. The third-order valence-corrected chi connectivity index (χ3v) is 4.44. The molecular formula is C16H10BrClN2S. The minimum atomic E-state index is 0.550. The topological polar surface area (TPSA) is 28.7 Å². The number of aromatic amines is 1. The maximum atomic E-state index is 6.03. The van der Waals surface area contributed by atoms with Crippen molar-refractivity contribution >= 4 is 39.7 Å². The predicted molar refractivity (Wildman–Crippen MR) is 93.0 cm³/mol. The highest BCUT2D eigenvalue weighted by molar-refractivity contribution is 9.10. The molecule has 1 N–H and O–H groups in total. The van der Waals surface area contributed by atoms with E-state index in [0.29, 0.717) is 9.66 Å². The predicted octanol–water partition coefficient (Wildman–Crippen LogP) is 5.89. The molecule has 0 amide bonds. The van der Waals surface area contributed by atoms with Gasteiger partial charge < -0.3 is 4.98 Å². The number of aromatic nitrogens is 2. The second-order valence-corrected chi connectivity index (χ2v) is 6.16. The van der Waals surface area contributed by atoms with Gasteiger partial charge in [-0.2, -0.15) is 0 Å². The second-order valence-electron chi connectivity index (χ2n) is 4.48. The molecule has 0 unspecified atom stereocenters. The summed E-state index contributed by atoms with van der Waals surface area (Å²) >= 11 is 14.7. The van der Waals surface area contributed by atoms with E-state index < -0.39 is 0 Å². The van der Waals surface area contributed by atoms with Crippen LogP contribution in [0, 0.1) is 4.64 Å². The van der Waals surface area contributed by atoms with Crippen molar-refractivity contribution in [2.45, 2.75) is 0 Å². The fraction of sp³-hybridized carbons (Fsp3) is 0. The number of hydrogen-bond donors (Lipinski definition) is 1. The molecule has 104 valence electrons. The zero-order valence-electron chi connectivity index (χ0n) is 10.8. The van der Waals surface area contributed by atoms with Gasteiger partial charge in [-0.25, -0.2) is 4.98 Å². The van der Waals surface area contributed by atoms with E-state index in [1.807, 2.05) is 54.6 Å². The third-order valence-electron chi connectivity index (χ3n) is 3.02. The van der Waals surface area contributed by atoms with Gasteiger partial charge in [0.05, 0.1) is 5.02 Å². The number of benzene rings is 2. The Morgan fingerprint density at radius 1 is 1.00 bits per heavy atom. The summed E-state index contributed by atoms with van der Waals surface area (Å²) in [6, 6.07) is 17.5. The molecule has 2 aromatic carbocycles. The van der Waals surface area contributed by atoms with Gasteiger partial charge in [0.2, 0.25) is 0 Å². The monoisotopic (exact) mass is 376 g/mol. The number of H-pyrrole nitrogens is 1. The Hall–Kier alpha value is -1.49. The largest absolute Gasteiger partial charge is 0.339 e. The first-order valence-electron chi connectivity index (χ1n) is 6.26. The molecular weight excluding hydrogens is 368 g/mol. The number of nitrogens with one attached hydrogen (secondary N) is 1. The average Bonchev–Trinajstić information content (AvgIpc) is 2.50. The Kier molecular flexibility index (Phi) is 4.19. The molecule has 0 bridgehead atoms. The van der Waals surface area contributed by atoms with Gasteiger partial charge in [-0.15, -0.1) is 0 Å². The Labute approximate surface area is 141 Å². The van der Waals surface area contributed by atoms with Gasteiger partial charge in [-0.1, -0.05) is 54.2 Å². The summed E-state index contributed by atoms with van der Waals surface area (Å²) < 4.78 is 1.38. The maximum absolute atomic E-state index is 6.03. The van der Waals surface area contributed by atoms with Crippen LogP contribution in [0.15, 0.2) is 59.1 Å². The van der Waals surface area contributed by atoms with Crippen LogP contribution >= 0.6 is 39.7 Å². The van der Waals surface area contributed by atoms with Crippen molar-refractivity contribution in [2.75, 3.05) is 0 Å². The van der Waals surface area contributed by atoms with E-state index in [0.717, 1.165) is 27.1 Å². The molecule has 1 heterocycles. The molecule has 3 rings (SSSR count). The minimum Gasteiger partial charge on any atom is -0.339 e. The molecule has 0 aliphatic heterocycles. The normalized spacial score (nSPS) is 10.6. The van der Waals surface area contributed by atoms with Crippen molar-refractivity contribution in [3.05, 3.63) is 68.7 Å². The quantitative estimate of drug-likeness (QED) is 0.564. The standard InChI is InChI=1S/C16H10BrClN2S/c17-12-8-11(6-7-13(12)18)16-19-14(9-15(21)20-16)10-4-2-1-3-5-10/h1-9H,(H,19,20,21). The Balaban J connectivity index is 2.14. The van der Waals surface area contributed by atoms with E-state index in [-0.39, 0.29) is 0 Å². The zero-order valence-corrected chi connectivity index (χ0v) is 14.0. The highest BCUT2D eigenvalue weighted by Gasteiger charge is 2.06. The molecule has 0 saturated heterocycles. The number of rotatable bonds is 2. The fourth-order valence-electron chi connectivity index (χ4n) is 2.01. The first-order valence-corrected chi connectivity index (χ1v) is 7.83. The van der Waals surface area contributed by atoms with Crippen molar-refractivity contribution < 1.29 is 0 Å². The van der Waals surface area contributed by atoms with Gasteiger partial charge in [0.15, 0.2) is 0 Å². The van der Waals surface area contributed by atoms with Crippen molar-refractivity contribution in [1.82, 2.24) is 9.97 Å². The lowest BCUT2D eigenvalue weighted by Gasteiger charge is -2.07. The molecule has 0 aliphatic rings. The van der Waals surface area contributed by atoms with Crippen LogP contribution in [0.4, 0.5) is 0 Å². The molecule has 3 aromatic rings. The van der Waals surface area contributed by atoms with Crippen LogP contribution in [0.3, 0.4) is 0 Å². The average molecular weight is 378 g/mol. The number of hydrogen-bond acceptors (Lipinski definition) is 2. The number of halogens is 2.